The molecule has 1 aliphatic rings. The van der Waals surface area contributed by atoms with E-state index in [0.717, 1.165) is 19.3 Å². The Kier molecular flexibility index (Phi) is 9.59. The van der Waals surface area contributed by atoms with Gasteiger partial charge in [0.25, 0.3) is 0 Å². The Hall–Kier alpha value is -1.39. The Bertz CT molecular complexity index is 815. The van der Waals surface area contributed by atoms with Crippen molar-refractivity contribution in [3.8, 4) is 0 Å². The minimum absolute atomic E-state index is 0.0170. The molecule has 1 aromatic heterocycles. The smallest absolute Gasteiger partial charge is 0.353 e. The van der Waals surface area contributed by atoms with Gasteiger partial charge in [-0.05, 0) is 59.1 Å². The predicted octanol–water partition coefficient (Wildman–Crippen LogP) is 6.03. The number of hydrogen-bond acceptors (Lipinski definition) is 5. The van der Waals surface area contributed by atoms with Crippen LogP contribution in [0.5, 0.6) is 0 Å². The van der Waals surface area contributed by atoms with Gasteiger partial charge in [0, 0.05) is 24.5 Å². The van der Waals surface area contributed by atoms with Crippen molar-refractivity contribution in [3.63, 3.8) is 0 Å². The summed E-state index contributed by atoms with van der Waals surface area (Å²) < 4.78 is 53.8. The summed E-state index contributed by atoms with van der Waals surface area (Å²) in [4.78, 5) is 13.0. The van der Waals surface area contributed by atoms with Gasteiger partial charge in [-0.25, -0.2) is 0 Å². The van der Waals surface area contributed by atoms with Crippen LogP contribution in [0.15, 0.2) is 10.6 Å². The lowest BCUT2D eigenvalue weighted by molar-refractivity contribution is -0.196. The molecule has 3 atom stereocenters. The predicted molar refractivity (Wildman–Crippen MR) is 126 cm³/mol. The minimum atomic E-state index is -4.19. The summed E-state index contributed by atoms with van der Waals surface area (Å²) in [6.45, 7) is 11.9. The van der Waals surface area contributed by atoms with Gasteiger partial charge >= 0.3 is 6.18 Å². The van der Waals surface area contributed by atoms with Crippen LogP contribution in [0.1, 0.15) is 79.3 Å². The number of amides is 1. The van der Waals surface area contributed by atoms with Crippen LogP contribution < -0.4 is 5.32 Å². The molecular weight excluding hydrogens is 457 g/mol. The third-order valence-corrected chi connectivity index (χ3v) is 9.02. The number of carbonyl (C=O) groups is 1. The number of aromatic nitrogens is 1. The molecule has 1 saturated heterocycles. The van der Waals surface area contributed by atoms with Crippen LogP contribution in [0.25, 0.3) is 0 Å². The molecule has 2 unspecified atom stereocenters. The Labute approximate surface area is 196 Å². The van der Waals surface area contributed by atoms with Crippen molar-refractivity contribution in [1.29, 1.82) is 0 Å². The molecule has 0 aliphatic carbocycles. The van der Waals surface area contributed by atoms with E-state index in [4.69, 9.17) is 14.0 Å². The number of carbonyl (C=O) groups excluding carboxylic acids is 1. The van der Waals surface area contributed by atoms with Crippen LogP contribution in [-0.4, -0.2) is 52.1 Å². The molecular formula is C23H37F3N2O4S. The lowest BCUT2D eigenvalue weighted by Gasteiger charge is -2.34. The van der Waals surface area contributed by atoms with Gasteiger partial charge in [0.05, 0.1) is 16.5 Å². The minimum Gasteiger partial charge on any atom is -0.353 e. The lowest BCUT2D eigenvalue weighted by Crippen LogP contribution is -2.38. The van der Waals surface area contributed by atoms with Crippen molar-refractivity contribution < 1.29 is 32.0 Å². The van der Waals surface area contributed by atoms with E-state index in [9.17, 15) is 18.0 Å². The molecule has 1 fully saturated rings. The fourth-order valence-electron chi connectivity index (χ4n) is 3.54. The van der Waals surface area contributed by atoms with Crippen LogP contribution in [0.3, 0.4) is 0 Å². The van der Waals surface area contributed by atoms with Crippen LogP contribution in [0.2, 0.25) is 0 Å². The van der Waals surface area contributed by atoms with Gasteiger partial charge in [-0.15, -0.1) is 0 Å². The van der Waals surface area contributed by atoms with Gasteiger partial charge in [-0.3, -0.25) is 10.1 Å². The number of nitrogens with zero attached hydrogens (tertiary/aromatic N) is 1. The maximum Gasteiger partial charge on any atom is 0.389 e. The van der Waals surface area contributed by atoms with Crippen LogP contribution in [0.4, 0.5) is 19.1 Å². The number of alkyl halides is 3. The first-order valence-electron chi connectivity index (χ1n) is 11.4. The lowest BCUT2D eigenvalue weighted by atomic mass is 9.84. The van der Waals surface area contributed by atoms with Crippen LogP contribution in [-0.2, 0) is 19.7 Å². The Morgan fingerprint density at radius 3 is 2.61 bits per heavy atom. The highest BCUT2D eigenvalue weighted by Crippen LogP contribution is 2.36. The first-order chi connectivity index (χ1) is 15.3. The largest absolute Gasteiger partial charge is 0.389 e. The van der Waals surface area contributed by atoms with Gasteiger partial charge < -0.3 is 14.0 Å². The summed E-state index contributed by atoms with van der Waals surface area (Å²) in [7, 11) is -0.635. The Balaban J connectivity index is 2.01. The second kappa shape index (κ2) is 11.4. The summed E-state index contributed by atoms with van der Waals surface area (Å²) in [5.74, 6) is 0.173. The van der Waals surface area contributed by atoms with E-state index in [1.165, 1.54) is 0 Å². The molecule has 0 aromatic carbocycles. The maximum atomic E-state index is 13.0. The van der Waals surface area contributed by atoms with E-state index < -0.39 is 33.2 Å². The summed E-state index contributed by atoms with van der Waals surface area (Å²) >= 11 is 0. The highest BCUT2D eigenvalue weighted by Gasteiger charge is 2.36. The third-order valence-electron chi connectivity index (χ3n) is 6.23. The van der Waals surface area contributed by atoms with E-state index in [0.29, 0.717) is 18.1 Å². The van der Waals surface area contributed by atoms with Gasteiger partial charge in [-0.1, -0.05) is 24.4 Å². The van der Waals surface area contributed by atoms with Crippen molar-refractivity contribution in [3.05, 3.63) is 11.8 Å². The standard InChI is InChI=1S/C23H37F3N2O4S/c1-7-33(14-10-12-23(24,25)26)22(5,6)20(29)27-18-15-17(28-32-18)21(3,4)16(2)31-19-11-8-9-13-30-19/h7,15-16,19H,8-14H2,1-6H3,(H,27,29)/t16-,19?,33?/m0/s1. The first kappa shape index (κ1) is 27.9. The summed E-state index contributed by atoms with van der Waals surface area (Å²) in [5, 5.41) is 8.70. The highest BCUT2D eigenvalue weighted by atomic mass is 32.2. The zero-order chi connectivity index (χ0) is 24.9. The average molecular weight is 495 g/mol. The van der Waals surface area contributed by atoms with Gasteiger partial charge in [0.1, 0.15) is 0 Å². The molecule has 33 heavy (non-hydrogen) atoms. The number of hydrogen-bond donors (Lipinski definition) is 1. The van der Waals surface area contributed by atoms with E-state index in [1.54, 1.807) is 26.8 Å². The van der Waals surface area contributed by atoms with Crippen molar-refractivity contribution >= 4 is 27.6 Å². The molecule has 2 rings (SSSR count). The summed E-state index contributed by atoms with van der Waals surface area (Å²) in [6, 6.07) is 1.67. The van der Waals surface area contributed by atoms with Gasteiger partial charge in [0.2, 0.25) is 11.8 Å². The second-order valence-electron chi connectivity index (χ2n) is 9.42. The van der Waals surface area contributed by atoms with Crippen molar-refractivity contribution in [1.82, 2.24) is 5.16 Å². The Morgan fingerprint density at radius 1 is 1.33 bits per heavy atom. The topological polar surface area (TPSA) is 73.6 Å². The molecule has 1 aliphatic heterocycles. The van der Waals surface area contributed by atoms with Gasteiger partial charge in [0.15, 0.2) is 6.29 Å². The fraction of sp³-hybridized carbons (Fsp3) is 0.783. The van der Waals surface area contributed by atoms with E-state index in [2.05, 4.69) is 10.5 Å². The molecule has 2 heterocycles. The normalized spacial score (nSPS) is 20.0. The van der Waals surface area contributed by atoms with Crippen molar-refractivity contribution in [2.24, 2.45) is 0 Å². The number of ether oxygens (including phenoxy) is 2. The van der Waals surface area contributed by atoms with Gasteiger partial charge in [-0.2, -0.15) is 23.7 Å². The molecule has 190 valence electrons. The van der Waals surface area contributed by atoms with Crippen molar-refractivity contribution in [2.45, 2.75) is 102 Å². The first-order valence-corrected chi connectivity index (χ1v) is 12.8. The zero-order valence-electron chi connectivity index (χ0n) is 20.4. The van der Waals surface area contributed by atoms with E-state index in [1.807, 2.05) is 26.1 Å². The summed E-state index contributed by atoms with van der Waals surface area (Å²) in [6.07, 6.45) is -2.54. The quantitative estimate of drug-likeness (QED) is 0.402. The number of anilines is 1. The van der Waals surface area contributed by atoms with Crippen LogP contribution >= 0.6 is 10.5 Å². The van der Waals surface area contributed by atoms with E-state index in [-0.39, 0.29) is 30.6 Å². The molecule has 1 N–H and O–H groups in total. The highest BCUT2D eigenvalue weighted by molar-refractivity contribution is 8.16. The molecule has 0 saturated carbocycles. The molecule has 1 aromatic rings. The van der Waals surface area contributed by atoms with Crippen molar-refractivity contribution in [2.75, 3.05) is 17.7 Å². The average Bonchev–Trinajstić information content (AvgIpc) is 3.20. The summed E-state index contributed by atoms with van der Waals surface area (Å²) in [5.41, 5.74) is 0.132. The molecule has 6 nitrogen and oxygen atoms in total. The van der Waals surface area contributed by atoms with E-state index >= 15 is 0 Å². The molecule has 0 radical (unpaired) electrons. The number of halogens is 3. The molecule has 10 heteroatoms. The molecule has 0 spiro atoms. The monoisotopic (exact) mass is 494 g/mol. The van der Waals surface area contributed by atoms with Crippen LogP contribution in [0, 0.1) is 0 Å². The Morgan fingerprint density at radius 2 is 2.03 bits per heavy atom. The number of rotatable bonds is 10. The SMILES string of the molecule is C/C=S(\CCCC(F)(F)F)C(C)(C)C(=O)Nc1cc(C(C)(C)[C@H](C)OC2CCCCO2)no1. The molecule has 1 amide bonds. The third kappa shape index (κ3) is 7.82. The fourth-order valence-corrected chi connectivity index (χ4v) is 5.62. The zero-order valence-corrected chi connectivity index (χ0v) is 21.2. The maximum absolute atomic E-state index is 13.0. The number of nitrogens with one attached hydrogen (secondary N) is 1. The second-order valence-corrected chi connectivity index (χ2v) is 12.2. The molecule has 0 bridgehead atoms.